The van der Waals surface area contributed by atoms with Gasteiger partial charge >= 0.3 is 0 Å². The maximum absolute atomic E-state index is 12.1. The average molecular weight is 411 g/mol. The summed E-state index contributed by atoms with van der Waals surface area (Å²) in [6.45, 7) is 5.89. The van der Waals surface area contributed by atoms with Crippen LogP contribution in [0.4, 0.5) is 10.8 Å². The number of pyridine rings is 1. The number of aromatic nitrogens is 2. The lowest BCUT2D eigenvalue weighted by atomic mass is 10.2. The fourth-order valence-corrected chi connectivity index (χ4v) is 4.56. The first kappa shape index (κ1) is 19.6. The molecule has 0 unspecified atom stereocenters. The predicted octanol–water partition coefficient (Wildman–Crippen LogP) is 2.61. The van der Waals surface area contributed by atoms with Crippen molar-refractivity contribution in [1.82, 2.24) is 19.6 Å². The van der Waals surface area contributed by atoms with Gasteiger partial charge in [0.1, 0.15) is 10.8 Å². The highest BCUT2D eigenvalue weighted by Crippen LogP contribution is 2.31. The van der Waals surface area contributed by atoms with Crippen LogP contribution < -0.4 is 16.0 Å². The standard InChI is InChI=1S/C21H26N6OS/c22-19-17(7-5-10-23-19)20(28)24-9-3-4-11-26-12-14-27(15-13-26)21-16-6-1-2-8-18(16)25-29-21/h1-2,5-8,10H,3-4,9,11-15H2,(H2,22,23)(H,24,28). The first-order valence-electron chi connectivity index (χ1n) is 10.0. The van der Waals surface area contributed by atoms with Gasteiger partial charge in [-0.05, 0) is 55.2 Å². The third kappa shape index (κ3) is 4.65. The number of carbonyl (C=O) groups is 1. The quantitative estimate of drug-likeness (QED) is 0.582. The molecule has 4 rings (SSSR count). The van der Waals surface area contributed by atoms with Gasteiger partial charge in [0.25, 0.3) is 5.91 Å². The number of rotatable bonds is 7. The molecule has 8 heteroatoms. The maximum Gasteiger partial charge on any atom is 0.255 e. The highest BCUT2D eigenvalue weighted by Gasteiger charge is 2.20. The van der Waals surface area contributed by atoms with Crippen LogP contribution in [0.25, 0.3) is 10.9 Å². The molecule has 0 radical (unpaired) electrons. The summed E-state index contributed by atoms with van der Waals surface area (Å²) < 4.78 is 4.56. The SMILES string of the molecule is Nc1ncccc1C(=O)NCCCCN1CCN(c2snc3ccccc23)CC1. The van der Waals surface area contributed by atoms with E-state index in [1.54, 1.807) is 29.9 Å². The second-order valence-electron chi connectivity index (χ2n) is 7.23. The van der Waals surface area contributed by atoms with E-state index in [0.29, 0.717) is 12.1 Å². The Morgan fingerprint density at radius 2 is 1.93 bits per heavy atom. The van der Waals surface area contributed by atoms with Crippen molar-refractivity contribution in [2.24, 2.45) is 0 Å². The van der Waals surface area contributed by atoms with Gasteiger partial charge in [0, 0.05) is 44.3 Å². The molecule has 1 aliphatic heterocycles. The molecule has 0 atom stereocenters. The molecular formula is C21H26N6OS. The molecule has 0 aliphatic carbocycles. The Hall–Kier alpha value is -2.71. The molecule has 3 N–H and O–H groups in total. The Morgan fingerprint density at radius 3 is 2.76 bits per heavy atom. The minimum atomic E-state index is -0.152. The molecular weight excluding hydrogens is 384 g/mol. The predicted molar refractivity (Wildman–Crippen MR) is 118 cm³/mol. The lowest BCUT2D eigenvalue weighted by Crippen LogP contribution is -2.46. The molecule has 1 amide bonds. The fraction of sp³-hybridized carbons (Fsp3) is 0.381. The summed E-state index contributed by atoms with van der Waals surface area (Å²) in [5, 5.41) is 5.48. The molecule has 1 fully saturated rings. The summed E-state index contributed by atoms with van der Waals surface area (Å²) in [7, 11) is 0. The Balaban J connectivity index is 1.16. The highest BCUT2D eigenvalue weighted by atomic mass is 32.1. The lowest BCUT2D eigenvalue weighted by Gasteiger charge is -2.35. The van der Waals surface area contributed by atoms with E-state index in [2.05, 4.69) is 42.7 Å². The van der Waals surface area contributed by atoms with Crippen LogP contribution in [0, 0.1) is 0 Å². The largest absolute Gasteiger partial charge is 0.383 e. The summed E-state index contributed by atoms with van der Waals surface area (Å²) in [5.74, 6) is 0.123. The number of nitrogen functional groups attached to an aromatic ring is 1. The van der Waals surface area contributed by atoms with E-state index >= 15 is 0 Å². The van der Waals surface area contributed by atoms with Gasteiger partial charge in [-0.25, -0.2) is 4.98 Å². The van der Waals surface area contributed by atoms with Crippen LogP contribution in [-0.2, 0) is 0 Å². The summed E-state index contributed by atoms with van der Waals surface area (Å²) >= 11 is 1.60. The Labute approximate surface area is 174 Å². The summed E-state index contributed by atoms with van der Waals surface area (Å²) in [4.78, 5) is 21.0. The number of carbonyl (C=O) groups excluding carboxylic acids is 1. The van der Waals surface area contributed by atoms with E-state index in [-0.39, 0.29) is 11.7 Å². The number of nitrogens with two attached hydrogens (primary N) is 1. The number of piperazine rings is 1. The zero-order valence-electron chi connectivity index (χ0n) is 16.4. The number of nitrogens with zero attached hydrogens (tertiary/aromatic N) is 4. The molecule has 0 saturated carbocycles. The minimum Gasteiger partial charge on any atom is -0.383 e. The van der Waals surface area contributed by atoms with Gasteiger partial charge in [0.05, 0.1) is 11.1 Å². The number of hydrogen-bond acceptors (Lipinski definition) is 7. The van der Waals surface area contributed by atoms with Crippen molar-refractivity contribution in [2.45, 2.75) is 12.8 Å². The number of anilines is 2. The van der Waals surface area contributed by atoms with Crippen LogP contribution in [0.5, 0.6) is 0 Å². The number of hydrogen-bond donors (Lipinski definition) is 2. The molecule has 7 nitrogen and oxygen atoms in total. The van der Waals surface area contributed by atoms with Crippen LogP contribution in [0.15, 0.2) is 42.6 Å². The number of benzene rings is 1. The smallest absolute Gasteiger partial charge is 0.255 e. The molecule has 3 aromatic rings. The number of fused-ring (bicyclic) bond motifs is 1. The lowest BCUT2D eigenvalue weighted by molar-refractivity contribution is 0.0953. The Kier molecular flexibility index (Phi) is 6.21. The molecule has 1 aromatic carbocycles. The zero-order chi connectivity index (χ0) is 20.1. The normalized spacial score (nSPS) is 15.0. The number of amides is 1. The number of nitrogens with one attached hydrogen (secondary N) is 1. The molecule has 1 aliphatic rings. The maximum atomic E-state index is 12.1. The van der Waals surface area contributed by atoms with Gasteiger partial charge < -0.3 is 16.0 Å². The van der Waals surface area contributed by atoms with Crippen molar-refractivity contribution in [3.05, 3.63) is 48.2 Å². The van der Waals surface area contributed by atoms with Crippen LogP contribution in [-0.4, -0.2) is 59.4 Å². The van der Waals surface area contributed by atoms with Crippen molar-refractivity contribution in [3.63, 3.8) is 0 Å². The van der Waals surface area contributed by atoms with Crippen LogP contribution >= 0.6 is 11.5 Å². The van der Waals surface area contributed by atoms with E-state index in [1.807, 2.05) is 6.07 Å². The molecule has 29 heavy (non-hydrogen) atoms. The Bertz CT molecular complexity index is 966. The van der Waals surface area contributed by atoms with Gasteiger partial charge in [0.2, 0.25) is 0 Å². The second-order valence-corrected chi connectivity index (χ2v) is 7.98. The van der Waals surface area contributed by atoms with Gasteiger partial charge in [0.15, 0.2) is 0 Å². The molecule has 0 bridgehead atoms. The van der Waals surface area contributed by atoms with E-state index in [9.17, 15) is 4.79 Å². The molecule has 152 valence electrons. The van der Waals surface area contributed by atoms with Crippen LogP contribution in [0.3, 0.4) is 0 Å². The first-order chi connectivity index (χ1) is 14.2. The monoisotopic (exact) mass is 410 g/mol. The topological polar surface area (TPSA) is 87.4 Å². The minimum absolute atomic E-state index is 0.152. The van der Waals surface area contributed by atoms with Crippen LogP contribution in [0.1, 0.15) is 23.2 Å². The van der Waals surface area contributed by atoms with Crippen LogP contribution in [0.2, 0.25) is 0 Å². The van der Waals surface area contributed by atoms with Crippen molar-refractivity contribution in [1.29, 1.82) is 0 Å². The second kappa shape index (κ2) is 9.19. The van der Waals surface area contributed by atoms with E-state index in [1.165, 1.54) is 10.4 Å². The average Bonchev–Trinajstić information content (AvgIpc) is 3.18. The van der Waals surface area contributed by atoms with E-state index in [0.717, 1.165) is 51.1 Å². The Morgan fingerprint density at radius 1 is 1.10 bits per heavy atom. The van der Waals surface area contributed by atoms with Gasteiger partial charge in [-0.2, -0.15) is 4.37 Å². The number of unbranched alkanes of at least 4 members (excludes halogenated alkanes) is 1. The summed E-state index contributed by atoms with van der Waals surface area (Å²) in [6, 6.07) is 11.8. The third-order valence-electron chi connectivity index (χ3n) is 5.29. The molecule has 0 spiro atoms. The first-order valence-corrected chi connectivity index (χ1v) is 10.8. The van der Waals surface area contributed by atoms with Crippen molar-refractivity contribution >= 4 is 39.2 Å². The highest BCUT2D eigenvalue weighted by molar-refractivity contribution is 7.11. The van der Waals surface area contributed by atoms with Gasteiger partial charge in [-0.1, -0.05) is 12.1 Å². The van der Waals surface area contributed by atoms with E-state index < -0.39 is 0 Å². The van der Waals surface area contributed by atoms with Crippen molar-refractivity contribution in [3.8, 4) is 0 Å². The zero-order valence-corrected chi connectivity index (χ0v) is 17.2. The molecule has 3 heterocycles. The third-order valence-corrected chi connectivity index (χ3v) is 6.23. The summed E-state index contributed by atoms with van der Waals surface area (Å²) in [5.41, 5.74) is 7.27. The van der Waals surface area contributed by atoms with E-state index in [4.69, 9.17) is 5.73 Å². The van der Waals surface area contributed by atoms with Crippen molar-refractivity contribution in [2.75, 3.05) is 49.9 Å². The van der Waals surface area contributed by atoms with Crippen molar-refractivity contribution < 1.29 is 4.79 Å². The molecule has 1 saturated heterocycles. The van der Waals surface area contributed by atoms with Gasteiger partial charge in [-0.3, -0.25) is 9.69 Å². The molecule has 2 aromatic heterocycles. The fourth-order valence-electron chi connectivity index (χ4n) is 3.65. The summed E-state index contributed by atoms with van der Waals surface area (Å²) in [6.07, 6.45) is 3.60. The van der Waals surface area contributed by atoms with Gasteiger partial charge in [-0.15, -0.1) is 0 Å².